The molecule has 78 valence electrons. The number of nitrogens with two attached hydrogens (primary N) is 1. The van der Waals surface area contributed by atoms with Crippen molar-refractivity contribution in [3.8, 4) is 11.3 Å². The Kier molecular flexibility index (Phi) is 2.15. The lowest BCUT2D eigenvalue weighted by Crippen LogP contribution is -1.97. The Bertz CT molecular complexity index is 504. The highest BCUT2D eigenvalue weighted by Crippen LogP contribution is 2.24. The van der Waals surface area contributed by atoms with Crippen molar-refractivity contribution in [1.29, 1.82) is 0 Å². The molecule has 15 heavy (non-hydrogen) atoms. The summed E-state index contributed by atoms with van der Waals surface area (Å²) < 4.78 is 14.9. The average molecular weight is 206 g/mol. The number of hydrogen-bond acceptors (Lipinski definition) is 3. The predicted molar refractivity (Wildman–Crippen MR) is 55.5 cm³/mol. The molecule has 0 saturated heterocycles. The van der Waals surface area contributed by atoms with Crippen LogP contribution >= 0.6 is 0 Å². The summed E-state index contributed by atoms with van der Waals surface area (Å²) in [5.74, 6) is -0.442. The lowest BCUT2D eigenvalue weighted by molar-refractivity contribution is 0.634. The Morgan fingerprint density at radius 3 is 2.73 bits per heavy atom. The van der Waals surface area contributed by atoms with E-state index in [1.807, 2.05) is 6.92 Å². The number of nitrogen functional groups attached to an aromatic ring is 1. The van der Waals surface area contributed by atoms with Gasteiger partial charge in [0.05, 0.1) is 0 Å². The summed E-state index contributed by atoms with van der Waals surface area (Å²) in [5, 5.41) is 4.01. The van der Waals surface area contributed by atoms with Crippen molar-refractivity contribution in [3.63, 3.8) is 0 Å². The molecule has 0 amide bonds. The van der Waals surface area contributed by atoms with Crippen LogP contribution in [0.5, 0.6) is 0 Å². The summed E-state index contributed by atoms with van der Waals surface area (Å²) in [7, 11) is 1.61. The molecular weight excluding hydrogens is 195 g/mol. The maximum atomic E-state index is 13.6. The lowest BCUT2D eigenvalue weighted by atomic mass is 10.1. The van der Waals surface area contributed by atoms with Crippen LogP contribution in [0.1, 0.15) is 5.69 Å². The molecule has 4 nitrogen and oxygen atoms in total. The van der Waals surface area contributed by atoms with Crippen LogP contribution in [0.4, 0.5) is 10.2 Å². The molecule has 2 aromatic heterocycles. The van der Waals surface area contributed by atoms with Gasteiger partial charge in [-0.25, -0.2) is 9.07 Å². The molecule has 2 N–H and O–H groups in total. The summed E-state index contributed by atoms with van der Waals surface area (Å²) in [4.78, 5) is 4.04. The van der Waals surface area contributed by atoms with Crippen LogP contribution in [-0.2, 0) is 7.05 Å². The molecule has 2 aromatic rings. The first kappa shape index (κ1) is 9.64. The summed E-state index contributed by atoms with van der Waals surface area (Å²) in [6.45, 7) is 1.84. The third-order valence-electron chi connectivity index (χ3n) is 2.20. The van der Waals surface area contributed by atoms with Gasteiger partial charge in [-0.05, 0) is 19.1 Å². The summed E-state index contributed by atoms with van der Waals surface area (Å²) in [6, 6.07) is 3.47. The van der Waals surface area contributed by atoms with Crippen molar-refractivity contribution in [3.05, 3.63) is 29.8 Å². The maximum absolute atomic E-state index is 13.6. The summed E-state index contributed by atoms with van der Waals surface area (Å²) in [6.07, 6.45) is 1.62. The SMILES string of the molecule is Cc1cc(-c2nn(C)c(N)c2F)ccn1. The molecule has 0 unspecified atom stereocenters. The van der Waals surface area contributed by atoms with Gasteiger partial charge in [0.2, 0.25) is 0 Å². The number of aryl methyl sites for hydroxylation is 2. The van der Waals surface area contributed by atoms with E-state index in [2.05, 4.69) is 10.1 Å². The minimum atomic E-state index is -0.483. The molecule has 2 heterocycles. The molecule has 0 atom stereocenters. The van der Waals surface area contributed by atoms with Crippen LogP contribution in [0.2, 0.25) is 0 Å². The number of anilines is 1. The number of pyridine rings is 1. The van der Waals surface area contributed by atoms with Gasteiger partial charge in [-0.2, -0.15) is 5.10 Å². The number of aromatic nitrogens is 3. The van der Waals surface area contributed by atoms with Gasteiger partial charge in [-0.1, -0.05) is 0 Å². The summed E-state index contributed by atoms with van der Waals surface area (Å²) in [5.41, 5.74) is 7.26. The molecule has 0 radical (unpaired) electrons. The molecule has 0 bridgehead atoms. The maximum Gasteiger partial charge on any atom is 0.192 e. The molecule has 0 aliphatic rings. The van der Waals surface area contributed by atoms with E-state index in [-0.39, 0.29) is 11.5 Å². The van der Waals surface area contributed by atoms with Crippen molar-refractivity contribution in [2.75, 3.05) is 5.73 Å². The van der Waals surface area contributed by atoms with E-state index in [1.165, 1.54) is 4.68 Å². The molecule has 0 spiro atoms. The van der Waals surface area contributed by atoms with Gasteiger partial charge in [-0.15, -0.1) is 0 Å². The van der Waals surface area contributed by atoms with Crippen LogP contribution < -0.4 is 5.73 Å². The summed E-state index contributed by atoms with van der Waals surface area (Å²) >= 11 is 0. The second-order valence-electron chi connectivity index (χ2n) is 3.36. The Morgan fingerprint density at radius 1 is 1.47 bits per heavy atom. The molecule has 0 aromatic carbocycles. The second-order valence-corrected chi connectivity index (χ2v) is 3.36. The minimum Gasteiger partial charge on any atom is -0.381 e. The number of halogens is 1. The van der Waals surface area contributed by atoms with Crippen molar-refractivity contribution in [2.24, 2.45) is 7.05 Å². The van der Waals surface area contributed by atoms with Crippen LogP contribution in [0.3, 0.4) is 0 Å². The number of hydrogen-bond donors (Lipinski definition) is 1. The molecule has 0 fully saturated rings. The van der Waals surface area contributed by atoms with Crippen molar-refractivity contribution in [1.82, 2.24) is 14.8 Å². The topological polar surface area (TPSA) is 56.7 Å². The van der Waals surface area contributed by atoms with Gasteiger partial charge in [0, 0.05) is 24.5 Å². The largest absolute Gasteiger partial charge is 0.381 e. The smallest absolute Gasteiger partial charge is 0.192 e. The van der Waals surface area contributed by atoms with Gasteiger partial charge in [0.1, 0.15) is 5.69 Å². The normalized spacial score (nSPS) is 10.6. The van der Waals surface area contributed by atoms with Crippen molar-refractivity contribution >= 4 is 5.82 Å². The van der Waals surface area contributed by atoms with E-state index in [9.17, 15) is 4.39 Å². The van der Waals surface area contributed by atoms with Gasteiger partial charge in [-0.3, -0.25) is 4.98 Å². The quantitative estimate of drug-likeness (QED) is 0.769. The standard InChI is InChI=1S/C10H11FN4/c1-6-5-7(3-4-13-6)9-8(11)10(12)15(2)14-9/h3-5H,12H2,1-2H3. The fourth-order valence-electron chi connectivity index (χ4n) is 1.39. The van der Waals surface area contributed by atoms with Crippen LogP contribution in [0.15, 0.2) is 18.3 Å². The average Bonchev–Trinajstić information content (AvgIpc) is 2.46. The van der Waals surface area contributed by atoms with E-state index in [1.54, 1.807) is 25.4 Å². The molecule has 2 rings (SSSR count). The fourth-order valence-corrected chi connectivity index (χ4v) is 1.39. The van der Waals surface area contributed by atoms with Crippen LogP contribution in [0, 0.1) is 12.7 Å². The zero-order valence-corrected chi connectivity index (χ0v) is 8.53. The third-order valence-corrected chi connectivity index (χ3v) is 2.20. The van der Waals surface area contributed by atoms with Crippen LogP contribution in [-0.4, -0.2) is 14.8 Å². The minimum absolute atomic E-state index is 0.0412. The Labute approximate surface area is 86.6 Å². The van der Waals surface area contributed by atoms with Gasteiger partial charge in [0.15, 0.2) is 11.6 Å². The van der Waals surface area contributed by atoms with Gasteiger partial charge in [0.25, 0.3) is 0 Å². The lowest BCUT2D eigenvalue weighted by Gasteiger charge is -1.97. The fraction of sp³-hybridized carbons (Fsp3) is 0.200. The number of nitrogens with zero attached hydrogens (tertiary/aromatic N) is 3. The number of rotatable bonds is 1. The zero-order chi connectivity index (χ0) is 11.0. The van der Waals surface area contributed by atoms with E-state index in [0.717, 1.165) is 5.69 Å². The van der Waals surface area contributed by atoms with Crippen molar-refractivity contribution < 1.29 is 4.39 Å². The van der Waals surface area contributed by atoms with E-state index < -0.39 is 5.82 Å². The first-order chi connectivity index (χ1) is 7.09. The molecule has 5 heteroatoms. The van der Waals surface area contributed by atoms with E-state index in [4.69, 9.17) is 5.73 Å². The molecular formula is C10H11FN4. The monoisotopic (exact) mass is 206 g/mol. The molecule has 0 saturated carbocycles. The van der Waals surface area contributed by atoms with E-state index in [0.29, 0.717) is 5.56 Å². The Morgan fingerprint density at radius 2 is 2.20 bits per heavy atom. The second kappa shape index (κ2) is 3.34. The van der Waals surface area contributed by atoms with Crippen molar-refractivity contribution in [2.45, 2.75) is 6.92 Å². The van der Waals surface area contributed by atoms with E-state index >= 15 is 0 Å². The highest BCUT2D eigenvalue weighted by atomic mass is 19.1. The zero-order valence-electron chi connectivity index (χ0n) is 8.53. The highest BCUT2D eigenvalue weighted by molar-refractivity contribution is 5.63. The third kappa shape index (κ3) is 1.56. The molecule has 0 aliphatic carbocycles. The van der Waals surface area contributed by atoms with Gasteiger partial charge >= 0.3 is 0 Å². The predicted octanol–water partition coefficient (Wildman–Crippen LogP) is 1.51. The van der Waals surface area contributed by atoms with Crippen LogP contribution in [0.25, 0.3) is 11.3 Å². The molecule has 0 aliphatic heterocycles. The first-order valence-electron chi connectivity index (χ1n) is 4.50. The highest BCUT2D eigenvalue weighted by Gasteiger charge is 2.14. The Balaban J connectivity index is 2.59. The first-order valence-corrected chi connectivity index (χ1v) is 4.50. The Hall–Kier alpha value is -1.91. The van der Waals surface area contributed by atoms with Gasteiger partial charge < -0.3 is 5.73 Å².